The lowest BCUT2D eigenvalue weighted by molar-refractivity contribution is -0.135. The quantitative estimate of drug-likeness (QED) is 0.314. The monoisotopic (exact) mass is 363 g/mol. The number of hydrogen-bond acceptors (Lipinski definition) is 2. The summed E-state index contributed by atoms with van der Waals surface area (Å²) in [4.78, 5) is 6.11. The molecule has 8 heteroatoms. The van der Waals surface area contributed by atoms with Crippen molar-refractivity contribution in [2.24, 2.45) is 4.99 Å². The third kappa shape index (κ3) is 9.16. The van der Waals surface area contributed by atoms with E-state index in [0.29, 0.717) is 32.0 Å². The number of benzene rings is 1. The van der Waals surface area contributed by atoms with Crippen molar-refractivity contribution in [2.75, 3.05) is 33.3 Å². The molecule has 0 aliphatic heterocycles. The van der Waals surface area contributed by atoms with Crippen LogP contribution >= 0.6 is 0 Å². The third-order valence-electron chi connectivity index (χ3n) is 3.35. The van der Waals surface area contributed by atoms with Crippen LogP contribution in [0.1, 0.15) is 26.2 Å². The van der Waals surface area contributed by atoms with Crippen molar-refractivity contribution < 1.29 is 22.3 Å². The van der Waals surface area contributed by atoms with Crippen LogP contribution in [0.25, 0.3) is 0 Å². The van der Waals surface area contributed by atoms with Gasteiger partial charge in [-0.3, -0.25) is 4.99 Å². The van der Waals surface area contributed by atoms with Crippen LogP contribution in [0.2, 0.25) is 0 Å². The van der Waals surface area contributed by atoms with E-state index in [1.165, 1.54) is 6.07 Å². The molecule has 4 nitrogen and oxygen atoms in total. The molecule has 0 aliphatic carbocycles. The van der Waals surface area contributed by atoms with Gasteiger partial charge in [0.1, 0.15) is 6.61 Å². The van der Waals surface area contributed by atoms with Crippen LogP contribution in [0.3, 0.4) is 0 Å². The highest BCUT2D eigenvalue weighted by molar-refractivity contribution is 5.79. The first-order valence-electron chi connectivity index (χ1n) is 8.27. The summed E-state index contributed by atoms with van der Waals surface area (Å²) in [5.74, 6) is 0.354. The molecule has 0 unspecified atom stereocenters. The number of nitrogens with zero attached hydrogens (tertiary/aromatic N) is 2. The first-order chi connectivity index (χ1) is 11.8. The highest BCUT2D eigenvalue weighted by atomic mass is 19.4. The van der Waals surface area contributed by atoms with Gasteiger partial charge in [-0.25, -0.2) is 4.39 Å². The number of likely N-dealkylation sites (N-methyl/N-ethyl adjacent to an activating group) is 1. The molecule has 1 N–H and O–H groups in total. The van der Waals surface area contributed by atoms with Crippen LogP contribution in [-0.4, -0.2) is 50.3 Å². The fourth-order valence-electron chi connectivity index (χ4n) is 2.05. The van der Waals surface area contributed by atoms with E-state index in [1.807, 2.05) is 6.92 Å². The second-order valence-corrected chi connectivity index (χ2v) is 5.51. The van der Waals surface area contributed by atoms with Crippen LogP contribution in [-0.2, 0) is 0 Å². The number of ether oxygens (including phenoxy) is 1. The van der Waals surface area contributed by atoms with E-state index in [4.69, 9.17) is 4.74 Å². The minimum Gasteiger partial charge on any atom is -0.489 e. The van der Waals surface area contributed by atoms with E-state index < -0.39 is 18.4 Å². The number of unbranched alkanes of at least 4 members (excludes halogenated alkanes) is 1. The number of hydrogen-bond donors (Lipinski definition) is 1. The average molecular weight is 363 g/mol. The van der Waals surface area contributed by atoms with E-state index in [1.54, 1.807) is 30.1 Å². The summed E-state index contributed by atoms with van der Waals surface area (Å²) in [5, 5.41) is 3.07. The van der Waals surface area contributed by atoms with Gasteiger partial charge in [-0.2, -0.15) is 13.2 Å². The Balaban J connectivity index is 2.40. The first-order valence-corrected chi connectivity index (χ1v) is 8.27. The van der Waals surface area contributed by atoms with E-state index >= 15 is 0 Å². The minimum atomic E-state index is -4.12. The van der Waals surface area contributed by atoms with Crippen LogP contribution in [0, 0.1) is 5.82 Å². The third-order valence-corrected chi connectivity index (χ3v) is 3.35. The van der Waals surface area contributed by atoms with E-state index in [0.717, 1.165) is 0 Å². The maximum Gasteiger partial charge on any atom is 0.389 e. The summed E-state index contributed by atoms with van der Waals surface area (Å²) >= 11 is 0. The van der Waals surface area contributed by atoms with Crippen molar-refractivity contribution in [3.8, 4) is 5.75 Å². The summed E-state index contributed by atoms with van der Waals surface area (Å²) in [6, 6.07) is 6.15. The van der Waals surface area contributed by atoms with Crippen molar-refractivity contribution in [1.29, 1.82) is 0 Å². The number of rotatable bonds is 9. The van der Waals surface area contributed by atoms with E-state index in [9.17, 15) is 17.6 Å². The molecule has 0 fully saturated rings. The summed E-state index contributed by atoms with van der Waals surface area (Å²) in [7, 11) is 1.79. The number of halogens is 4. The SMILES string of the molecule is CCNC(=NCCCCC(F)(F)F)N(C)CCOc1ccccc1F. The zero-order valence-corrected chi connectivity index (χ0v) is 14.6. The number of aliphatic imine (C=N–C) groups is 1. The number of para-hydroxylation sites is 1. The minimum absolute atomic E-state index is 0.0620. The van der Waals surface area contributed by atoms with E-state index in [-0.39, 0.29) is 18.8 Å². The van der Waals surface area contributed by atoms with Crippen molar-refractivity contribution in [3.05, 3.63) is 30.1 Å². The van der Waals surface area contributed by atoms with Crippen molar-refractivity contribution in [2.45, 2.75) is 32.4 Å². The molecule has 0 saturated carbocycles. The van der Waals surface area contributed by atoms with Gasteiger partial charge in [0, 0.05) is 26.6 Å². The molecule has 0 saturated heterocycles. The second kappa shape index (κ2) is 10.8. The summed E-state index contributed by atoms with van der Waals surface area (Å²) in [6.07, 6.45) is -4.47. The molecule has 0 radical (unpaired) electrons. The molecule has 1 aromatic carbocycles. The first kappa shape index (κ1) is 21.1. The van der Waals surface area contributed by atoms with Crippen LogP contribution < -0.4 is 10.1 Å². The number of nitrogens with one attached hydrogen (secondary N) is 1. The predicted octanol–water partition coefficient (Wildman–Crippen LogP) is 3.83. The van der Waals surface area contributed by atoms with Gasteiger partial charge in [0.25, 0.3) is 0 Å². The number of guanidine groups is 1. The average Bonchev–Trinajstić information content (AvgIpc) is 2.54. The maximum absolute atomic E-state index is 13.5. The molecule has 0 amide bonds. The Kier molecular flexibility index (Phi) is 9.08. The molecule has 142 valence electrons. The van der Waals surface area contributed by atoms with Crippen LogP contribution in [0.15, 0.2) is 29.3 Å². The molecule has 1 rings (SSSR count). The second-order valence-electron chi connectivity index (χ2n) is 5.51. The Morgan fingerprint density at radius 1 is 1.24 bits per heavy atom. The van der Waals surface area contributed by atoms with Gasteiger partial charge in [0.15, 0.2) is 17.5 Å². The fraction of sp³-hybridized carbons (Fsp3) is 0.588. The molecular weight excluding hydrogens is 338 g/mol. The lowest BCUT2D eigenvalue weighted by Crippen LogP contribution is -2.41. The standard InChI is InChI=1S/C17H25F4N3O/c1-3-22-16(23-11-7-6-10-17(19,20)21)24(2)12-13-25-15-9-5-4-8-14(15)18/h4-5,8-9H,3,6-7,10-13H2,1-2H3,(H,22,23). The molecule has 25 heavy (non-hydrogen) atoms. The Bertz CT molecular complexity index is 535. The lowest BCUT2D eigenvalue weighted by atomic mass is 10.2. The van der Waals surface area contributed by atoms with Gasteiger partial charge in [-0.15, -0.1) is 0 Å². The predicted molar refractivity (Wildman–Crippen MR) is 90.4 cm³/mol. The molecule has 0 spiro atoms. The Morgan fingerprint density at radius 2 is 1.96 bits per heavy atom. The molecule has 0 atom stereocenters. The van der Waals surface area contributed by atoms with E-state index in [2.05, 4.69) is 10.3 Å². The molecule has 0 heterocycles. The summed E-state index contributed by atoms with van der Waals surface area (Å²) in [6.45, 7) is 3.58. The molecule has 0 aromatic heterocycles. The normalized spacial score (nSPS) is 12.2. The van der Waals surface area contributed by atoms with Gasteiger partial charge in [0.2, 0.25) is 0 Å². The Hall–Kier alpha value is -1.99. The van der Waals surface area contributed by atoms with Crippen molar-refractivity contribution in [3.63, 3.8) is 0 Å². The highest BCUT2D eigenvalue weighted by Crippen LogP contribution is 2.22. The van der Waals surface area contributed by atoms with Gasteiger partial charge in [-0.1, -0.05) is 12.1 Å². The summed E-state index contributed by atoms with van der Waals surface area (Å²) in [5.41, 5.74) is 0. The Morgan fingerprint density at radius 3 is 2.60 bits per heavy atom. The fourth-order valence-corrected chi connectivity index (χ4v) is 2.05. The molecule has 1 aromatic rings. The lowest BCUT2D eigenvalue weighted by Gasteiger charge is -2.22. The largest absolute Gasteiger partial charge is 0.489 e. The van der Waals surface area contributed by atoms with Crippen molar-refractivity contribution in [1.82, 2.24) is 10.2 Å². The summed E-state index contributed by atoms with van der Waals surface area (Å²) < 4.78 is 55.2. The van der Waals surface area contributed by atoms with Crippen LogP contribution in [0.5, 0.6) is 5.75 Å². The highest BCUT2D eigenvalue weighted by Gasteiger charge is 2.25. The smallest absolute Gasteiger partial charge is 0.389 e. The van der Waals surface area contributed by atoms with Gasteiger partial charge < -0.3 is 15.0 Å². The van der Waals surface area contributed by atoms with Crippen molar-refractivity contribution >= 4 is 5.96 Å². The van der Waals surface area contributed by atoms with Gasteiger partial charge >= 0.3 is 6.18 Å². The van der Waals surface area contributed by atoms with Gasteiger partial charge in [-0.05, 0) is 31.9 Å². The zero-order chi connectivity index (χ0) is 18.7. The number of alkyl halides is 3. The molecule has 0 aliphatic rings. The topological polar surface area (TPSA) is 36.9 Å². The zero-order valence-electron chi connectivity index (χ0n) is 14.6. The molecular formula is C17H25F4N3O. The maximum atomic E-state index is 13.5. The van der Waals surface area contributed by atoms with Gasteiger partial charge in [0.05, 0.1) is 6.54 Å². The Labute approximate surface area is 145 Å². The van der Waals surface area contributed by atoms with Crippen LogP contribution in [0.4, 0.5) is 17.6 Å². The molecule has 0 bridgehead atoms.